The molecule has 2 heterocycles. The van der Waals surface area contributed by atoms with E-state index in [4.69, 9.17) is 9.47 Å². The molecule has 1 aromatic heterocycles. The maximum absolute atomic E-state index is 11.5. The molecule has 0 bridgehead atoms. The molecule has 1 aliphatic heterocycles. The van der Waals surface area contributed by atoms with Crippen molar-refractivity contribution in [3.05, 3.63) is 51.9 Å². The van der Waals surface area contributed by atoms with Gasteiger partial charge in [0.05, 0.1) is 6.54 Å². The molecule has 0 N–H and O–H groups in total. The van der Waals surface area contributed by atoms with E-state index in [1.54, 1.807) is 0 Å². The first-order valence-electron chi connectivity index (χ1n) is 9.17. The molecule has 4 rings (SSSR count). The van der Waals surface area contributed by atoms with Gasteiger partial charge in [-0.05, 0) is 43.4 Å². The Morgan fingerprint density at radius 3 is 2.72 bits per heavy atom. The fraction of sp³-hybridized carbons (Fsp3) is 0.500. The van der Waals surface area contributed by atoms with Crippen molar-refractivity contribution >= 4 is 0 Å². The van der Waals surface area contributed by atoms with Gasteiger partial charge in [0.25, 0.3) is 11.6 Å². The molecular weight excluding hydrogens is 316 g/mol. The summed E-state index contributed by atoms with van der Waals surface area (Å²) in [6.45, 7) is 3.00. The van der Waals surface area contributed by atoms with Crippen LogP contribution in [-0.2, 0) is 6.54 Å². The van der Waals surface area contributed by atoms with E-state index in [9.17, 15) is 4.79 Å². The lowest BCUT2D eigenvalue weighted by molar-refractivity contribution is 0.143. The van der Waals surface area contributed by atoms with E-state index in [-0.39, 0.29) is 11.7 Å². The Labute approximate surface area is 147 Å². The van der Waals surface area contributed by atoms with Crippen LogP contribution >= 0.6 is 0 Å². The van der Waals surface area contributed by atoms with Gasteiger partial charge < -0.3 is 9.47 Å². The largest absolute Gasteiger partial charge is 0.490 e. The summed E-state index contributed by atoms with van der Waals surface area (Å²) >= 11 is 0. The zero-order valence-corrected chi connectivity index (χ0v) is 14.6. The predicted octanol–water partition coefficient (Wildman–Crippen LogP) is 3.44. The van der Waals surface area contributed by atoms with Crippen molar-refractivity contribution in [1.82, 2.24) is 9.55 Å². The molecule has 2 aliphatic rings. The van der Waals surface area contributed by atoms with Crippen LogP contribution in [0.4, 0.5) is 0 Å². The average Bonchev–Trinajstić information content (AvgIpc) is 3.04. The lowest BCUT2D eigenvalue weighted by Gasteiger charge is -2.22. The van der Waals surface area contributed by atoms with Crippen molar-refractivity contribution in [2.45, 2.75) is 57.6 Å². The van der Waals surface area contributed by atoms with Gasteiger partial charge in [0.2, 0.25) is 0 Å². The highest BCUT2D eigenvalue weighted by molar-refractivity contribution is 5.29. The zero-order valence-electron chi connectivity index (χ0n) is 14.6. The third-order valence-electron chi connectivity index (χ3n) is 5.25. The maximum atomic E-state index is 11.5. The zero-order chi connectivity index (χ0) is 17.2. The third kappa shape index (κ3) is 3.55. The number of aryl methyl sites for hydroxylation is 1. The van der Waals surface area contributed by atoms with Gasteiger partial charge in [0, 0.05) is 11.8 Å². The van der Waals surface area contributed by atoms with Gasteiger partial charge in [0.15, 0.2) is 6.10 Å². The Kier molecular flexibility index (Phi) is 4.47. The number of rotatable bonds is 4. The van der Waals surface area contributed by atoms with Crippen molar-refractivity contribution in [1.29, 1.82) is 0 Å². The molecule has 0 spiro atoms. The Hall–Kier alpha value is -2.30. The van der Waals surface area contributed by atoms with Crippen LogP contribution in [0.5, 0.6) is 11.8 Å². The van der Waals surface area contributed by atoms with Gasteiger partial charge in [-0.3, -0.25) is 9.36 Å². The highest BCUT2D eigenvalue weighted by Gasteiger charge is 2.25. The van der Waals surface area contributed by atoms with Crippen LogP contribution in [0, 0.1) is 6.92 Å². The number of nitrogens with zero attached hydrogens (tertiary/aromatic N) is 2. The van der Waals surface area contributed by atoms with Crippen molar-refractivity contribution in [3.8, 4) is 11.8 Å². The Morgan fingerprint density at radius 2 is 1.96 bits per heavy atom. The van der Waals surface area contributed by atoms with Crippen LogP contribution in [0.15, 0.2) is 35.1 Å². The molecule has 1 aromatic carbocycles. The van der Waals surface area contributed by atoms with Crippen LogP contribution in [0.3, 0.4) is 0 Å². The van der Waals surface area contributed by atoms with Crippen molar-refractivity contribution in [2.24, 2.45) is 0 Å². The molecule has 1 aliphatic carbocycles. The summed E-state index contributed by atoms with van der Waals surface area (Å²) in [6, 6.07) is 10.4. The van der Waals surface area contributed by atoms with Crippen LogP contribution < -0.4 is 15.0 Å². The average molecular weight is 340 g/mol. The normalized spacial score (nSPS) is 20.1. The second kappa shape index (κ2) is 6.90. The molecule has 0 radical (unpaired) electrons. The number of ether oxygens (including phenoxy) is 2. The van der Waals surface area contributed by atoms with Crippen molar-refractivity contribution in [3.63, 3.8) is 0 Å². The lowest BCUT2D eigenvalue weighted by Crippen LogP contribution is -2.23. The third-order valence-corrected chi connectivity index (χ3v) is 5.25. The minimum absolute atomic E-state index is 0.119. The fourth-order valence-corrected chi connectivity index (χ4v) is 3.84. The van der Waals surface area contributed by atoms with E-state index in [1.165, 1.54) is 43.7 Å². The summed E-state index contributed by atoms with van der Waals surface area (Å²) < 4.78 is 13.5. The predicted molar refractivity (Wildman–Crippen MR) is 95.4 cm³/mol. The number of fused-ring (bicyclic) bond motifs is 1. The molecule has 0 saturated heterocycles. The lowest BCUT2D eigenvalue weighted by atomic mass is 9.84. The molecule has 1 fully saturated rings. The molecule has 1 atom stereocenters. The molecule has 5 nitrogen and oxygen atoms in total. The molecule has 0 amide bonds. The minimum atomic E-state index is -0.261. The fourth-order valence-electron chi connectivity index (χ4n) is 3.84. The Bertz CT molecular complexity index is 792. The summed E-state index contributed by atoms with van der Waals surface area (Å²) in [6.07, 6.45) is 6.56. The number of hydrogen-bond acceptors (Lipinski definition) is 4. The van der Waals surface area contributed by atoms with Gasteiger partial charge in [-0.25, -0.2) is 0 Å². The highest BCUT2D eigenvalue weighted by Crippen LogP contribution is 2.33. The second-order valence-electron chi connectivity index (χ2n) is 7.08. The first-order valence-corrected chi connectivity index (χ1v) is 9.17. The minimum Gasteiger partial charge on any atom is -0.490 e. The summed E-state index contributed by atoms with van der Waals surface area (Å²) in [4.78, 5) is 15.4. The van der Waals surface area contributed by atoms with Gasteiger partial charge >= 0.3 is 0 Å². The van der Waals surface area contributed by atoms with E-state index in [0.717, 1.165) is 11.4 Å². The van der Waals surface area contributed by atoms with Gasteiger partial charge in [-0.15, -0.1) is 0 Å². The van der Waals surface area contributed by atoms with E-state index < -0.39 is 0 Å². The standard InChI is InChI=1S/C20H24N2O3/c1-14-11-19(23)21-20-22(14)12-18(25-20)13-24-17-9-7-16(8-10-17)15-5-3-2-4-6-15/h7-11,15,18H,2-6,12-13H2,1H3. The van der Waals surface area contributed by atoms with E-state index in [1.807, 2.05) is 11.5 Å². The highest BCUT2D eigenvalue weighted by atomic mass is 16.6. The number of aromatic nitrogens is 2. The first-order chi connectivity index (χ1) is 12.2. The summed E-state index contributed by atoms with van der Waals surface area (Å²) in [5.74, 6) is 1.57. The second-order valence-corrected chi connectivity index (χ2v) is 7.08. The monoisotopic (exact) mass is 340 g/mol. The number of benzene rings is 1. The number of hydrogen-bond donors (Lipinski definition) is 0. The molecule has 1 saturated carbocycles. The van der Waals surface area contributed by atoms with Crippen LogP contribution in [-0.4, -0.2) is 22.3 Å². The molecule has 5 heteroatoms. The van der Waals surface area contributed by atoms with Crippen molar-refractivity contribution in [2.75, 3.05) is 6.61 Å². The molecular formula is C20H24N2O3. The molecule has 25 heavy (non-hydrogen) atoms. The smallest absolute Gasteiger partial charge is 0.300 e. The SMILES string of the molecule is Cc1cc(=O)nc2n1CC(COc1ccc(C3CCCCC3)cc1)O2. The Morgan fingerprint density at radius 1 is 1.20 bits per heavy atom. The quantitative estimate of drug-likeness (QED) is 0.855. The molecule has 132 valence electrons. The van der Waals surface area contributed by atoms with Gasteiger partial charge in [-0.1, -0.05) is 31.4 Å². The summed E-state index contributed by atoms with van der Waals surface area (Å²) in [5.41, 5.74) is 2.04. The van der Waals surface area contributed by atoms with Crippen LogP contribution in [0.1, 0.15) is 49.3 Å². The van der Waals surface area contributed by atoms with E-state index in [2.05, 4.69) is 29.2 Å². The van der Waals surface area contributed by atoms with Gasteiger partial charge in [0.1, 0.15) is 12.4 Å². The molecule has 1 unspecified atom stereocenters. The van der Waals surface area contributed by atoms with E-state index >= 15 is 0 Å². The van der Waals surface area contributed by atoms with E-state index in [0.29, 0.717) is 25.1 Å². The first kappa shape index (κ1) is 16.2. The summed E-state index contributed by atoms with van der Waals surface area (Å²) in [7, 11) is 0. The van der Waals surface area contributed by atoms with Crippen LogP contribution in [0.25, 0.3) is 0 Å². The maximum Gasteiger partial charge on any atom is 0.300 e. The topological polar surface area (TPSA) is 53.4 Å². The molecule has 2 aromatic rings. The Balaban J connectivity index is 1.34. The van der Waals surface area contributed by atoms with Crippen molar-refractivity contribution < 1.29 is 9.47 Å². The summed E-state index contributed by atoms with van der Waals surface area (Å²) in [5, 5.41) is 0. The van der Waals surface area contributed by atoms with Gasteiger partial charge in [-0.2, -0.15) is 4.98 Å². The van der Waals surface area contributed by atoms with Crippen LogP contribution in [0.2, 0.25) is 0 Å².